The summed E-state index contributed by atoms with van der Waals surface area (Å²) in [5, 5.41) is 20.5. The molecule has 1 unspecified atom stereocenters. The van der Waals surface area contributed by atoms with Crippen LogP contribution in [0.2, 0.25) is 0 Å². The first kappa shape index (κ1) is 11.4. The lowest BCUT2D eigenvalue weighted by molar-refractivity contribution is -0.995. The average Bonchev–Trinajstić information content (AvgIpc) is 2.56. The number of nitrogens with zero attached hydrogens (tertiary/aromatic N) is 2. The van der Waals surface area contributed by atoms with Crippen molar-refractivity contribution in [1.82, 2.24) is 14.9 Å². The highest BCUT2D eigenvalue weighted by molar-refractivity contribution is 5.66. The average molecular weight is 216 g/mol. The van der Waals surface area contributed by atoms with Gasteiger partial charge in [0.05, 0.1) is 11.9 Å². The van der Waals surface area contributed by atoms with Crippen molar-refractivity contribution in [3.63, 3.8) is 0 Å². The number of amides is 1. The lowest BCUT2D eigenvalue weighted by Crippen LogP contribution is -3.00. The van der Waals surface area contributed by atoms with Crippen molar-refractivity contribution >= 4 is 12.0 Å². The van der Waals surface area contributed by atoms with Crippen LogP contribution in [0.25, 0.3) is 0 Å². The molecule has 0 saturated carbocycles. The van der Waals surface area contributed by atoms with Crippen molar-refractivity contribution in [1.29, 1.82) is 0 Å². The Kier molecular flexibility index (Phi) is 3.61. The normalized spacial score (nSPS) is 12.3. The fourth-order valence-electron chi connectivity index (χ4n) is 0.989. The summed E-state index contributed by atoms with van der Waals surface area (Å²) >= 11 is 0. The molecule has 0 aliphatic heterocycles. The largest absolute Gasteiger partial charge is 0.592 e. The Labute approximate surface area is 85.6 Å². The number of alkyl carbamates (subject to hydrolysis) is 1. The number of aromatic nitrogens is 2. The lowest BCUT2D eigenvalue weighted by Gasteiger charge is -2.10. The van der Waals surface area contributed by atoms with Crippen molar-refractivity contribution in [3.8, 4) is 0 Å². The van der Waals surface area contributed by atoms with Gasteiger partial charge in [0, 0.05) is 14.1 Å². The van der Waals surface area contributed by atoms with Crippen LogP contribution in [0.1, 0.15) is 5.69 Å². The molecule has 1 aromatic heterocycles. The predicted octanol–water partition coefficient (Wildman–Crippen LogP) is -1.32. The number of hydrogen-bond donors (Lipinski definition) is 3. The number of carbonyl (C=O) groups excluding carboxylic acids is 1. The topological polar surface area (TPSA) is 104 Å². The quantitative estimate of drug-likeness (QED) is 0.543. The van der Waals surface area contributed by atoms with E-state index < -0.39 is 11.3 Å². The minimum absolute atomic E-state index is 0.0174. The first-order valence-electron chi connectivity index (χ1n) is 4.14. The summed E-state index contributed by atoms with van der Waals surface area (Å²) < 4.78 is 6.10. The minimum Gasteiger partial charge on any atom is -0.592 e. The van der Waals surface area contributed by atoms with Gasteiger partial charge < -0.3 is 15.3 Å². The zero-order chi connectivity index (χ0) is 11.4. The number of rotatable bonds is 3. The number of imidazole rings is 1. The van der Waals surface area contributed by atoms with Gasteiger partial charge in [0.1, 0.15) is 6.61 Å². The number of carbonyl (C=O) groups is 1. The highest BCUT2D eigenvalue weighted by Gasteiger charge is 2.12. The molecule has 84 valence electrons. The van der Waals surface area contributed by atoms with Crippen LogP contribution < -0.4 is 10.5 Å². The van der Waals surface area contributed by atoms with Gasteiger partial charge in [0.2, 0.25) is 0 Å². The Morgan fingerprint density at radius 1 is 1.87 bits per heavy atom. The maximum atomic E-state index is 10.8. The summed E-state index contributed by atoms with van der Waals surface area (Å²) in [6, 6.07) is 0. The van der Waals surface area contributed by atoms with E-state index in [1.807, 2.05) is 0 Å². The van der Waals surface area contributed by atoms with Crippen LogP contribution >= 0.6 is 0 Å². The van der Waals surface area contributed by atoms with Gasteiger partial charge in [0.25, 0.3) is 0 Å². The predicted molar refractivity (Wildman–Crippen MR) is 48.2 cm³/mol. The van der Waals surface area contributed by atoms with E-state index >= 15 is 0 Å². The first-order valence-corrected chi connectivity index (χ1v) is 4.14. The molecular weight excluding hydrogens is 204 g/mol. The van der Waals surface area contributed by atoms with Crippen LogP contribution in [0.15, 0.2) is 6.20 Å². The molecule has 0 fully saturated rings. The third-order valence-corrected chi connectivity index (χ3v) is 1.83. The van der Waals surface area contributed by atoms with Gasteiger partial charge in [0.15, 0.2) is 0 Å². The van der Waals surface area contributed by atoms with E-state index in [1.54, 1.807) is 7.05 Å². The number of quaternary nitrogens is 1. The van der Waals surface area contributed by atoms with Crippen LogP contribution in [0.5, 0.6) is 0 Å². The van der Waals surface area contributed by atoms with Gasteiger partial charge in [-0.1, -0.05) is 0 Å². The van der Waals surface area contributed by atoms with Crippen molar-refractivity contribution in [2.75, 3.05) is 7.05 Å². The highest BCUT2D eigenvalue weighted by atomic mass is 16.8. The molecule has 0 aliphatic carbocycles. The van der Waals surface area contributed by atoms with E-state index in [9.17, 15) is 10.0 Å². The van der Waals surface area contributed by atoms with Gasteiger partial charge in [-0.15, -0.1) is 0 Å². The molecule has 1 heterocycles. The fraction of sp³-hybridized carbons (Fsp3) is 0.429. The van der Waals surface area contributed by atoms with Gasteiger partial charge in [-0.2, -0.15) is 10.2 Å². The van der Waals surface area contributed by atoms with Crippen LogP contribution in [-0.2, 0) is 18.4 Å². The minimum atomic E-state index is -1.12. The Bertz CT molecular complexity index is 349. The molecule has 0 aliphatic rings. The molecule has 8 heteroatoms. The third-order valence-electron chi connectivity index (χ3n) is 1.83. The second-order valence-electron chi connectivity index (χ2n) is 2.76. The van der Waals surface area contributed by atoms with E-state index in [-0.39, 0.29) is 12.6 Å². The number of nitrogens with one attached hydrogen (secondary N) is 2. The fourth-order valence-corrected chi connectivity index (χ4v) is 0.989. The number of ether oxygens (including phenoxy) is 1. The zero-order valence-corrected chi connectivity index (χ0v) is 8.35. The van der Waals surface area contributed by atoms with E-state index in [1.165, 1.54) is 17.8 Å². The van der Waals surface area contributed by atoms with E-state index in [2.05, 4.69) is 10.3 Å². The third kappa shape index (κ3) is 2.65. The monoisotopic (exact) mass is 216 g/mol. The molecule has 15 heavy (non-hydrogen) atoms. The van der Waals surface area contributed by atoms with Gasteiger partial charge in [-0.3, -0.25) is 4.57 Å². The van der Waals surface area contributed by atoms with Crippen LogP contribution in [-0.4, -0.2) is 27.9 Å². The zero-order valence-electron chi connectivity index (χ0n) is 8.35. The SMILES string of the molecule is CNC(=O)OCc1cnc([NH+]([O-])O)n1C. The summed E-state index contributed by atoms with van der Waals surface area (Å²) in [6.07, 6.45) is 0.778. The maximum Gasteiger partial charge on any atom is 0.407 e. The van der Waals surface area contributed by atoms with E-state index in [0.717, 1.165) is 0 Å². The smallest absolute Gasteiger partial charge is 0.407 e. The molecule has 1 rings (SSSR count). The van der Waals surface area contributed by atoms with Gasteiger partial charge in [-0.05, 0) is 0 Å². The molecule has 0 saturated heterocycles. The van der Waals surface area contributed by atoms with E-state index in [4.69, 9.17) is 9.94 Å². The molecule has 1 aromatic rings. The Morgan fingerprint density at radius 3 is 3.00 bits per heavy atom. The summed E-state index contributed by atoms with van der Waals surface area (Å²) in [4.78, 5) is 14.4. The van der Waals surface area contributed by atoms with Gasteiger partial charge in [-0.25, -0.2) is 10.0 Å². The van der Waals surface area contributed by atoms with Crippen LogP contribution in [0.3, 0.4) is 0 Å². The highest BCUT2D eigenvalue weighted by Crippen LogP contribution is 2.05. The van der Waals surface area contributed by atoms with Crippen molar-refractivity contribution in [2.24, 2.45) is 7.05 Å². The molecule has 8 nitrogen and oxygen atoms in total. The second kappa shape index (κ2) is 4.73. The summed E-state index contributed by atoms with van der Waals surface area (Å²) in [5.74, 6) is -0.0921. The summed E-state index contributed by atoms with van der Waals surface area (Å²) in [5.41, 5.74) is 0.510. The molecule has 0 bridgehead atoms. The molecule has 0 aromatic carbocycles. The van der Waals surface area contributed by atoms with Crippen molar-refractivity contribution in [2.45, 2.75) is 6.61 Å². The maximum absolute atomic E-state index is 10.8. The molecular formula is C7H12N4O4. The van der Waals surface area contributed by atoms with Crippen molar-refractivity contribution in [3.05, 3.63) is 17.1 Å². The van der Waals surface area contributed by atoms with Crippen LogP contribution in [0, 0.1) is 5.21 Å². The Hall–Kier alpha value is -1.64. The number of hydrogen-bond acceptors (Lipinski definition) is 5. The summed E-state index contributed by atoms with van der Waals surface area (Å²) in [7, 11) is 2.98. The second-order valence-corrected chi connectivity index (χ2v) is 2.76. The standard InChI is InChI=1S/C7H12N4O4/c1-8-7(12)15-4-5-3-9-6(10(5)2)11(13)14/h3,11,13H,4H2,1-2H3,(H,8,12). The summed E-state index contributed by atoms with van der Waals surface area (Å²) in [6.45, 7) is -0.0174. The molecule has 1 amide bonds. The Morgan fingerprint density at radius 2 is 2.53 bits per heavy atom. The first-order chi connectivity index (χ1) is 7.06. The lowest BCUT2D eigenvalue weighted by atomic mass is 10.5. The van der Waals surface area contributed by atoms with Gasteiger partial charge >= 0.3 is 12.0 Å². The molecule has 0 radical (unpaired) electrons. The van der Waals surface area contributed by atoms with Crippen LogP contribution in [0.4, 0.5) is 10.7 Å². The Balaban J connectivity index is 2.67. The molecule has 1 atom stereocenters. The van der Waals surface area contributed by atoms with Crippen molar-refractivity contribution < 1.29 is 20.0 Å². The molecule has 3 N–H and O–H groups in total. The molecule has 0 spiro atoms. The van der Waals surface area contributed by atoms with E-state index in [0.29, 0.717) is 5.69 Å².